The average Bonchev–Trinajstić information content (AvgIpc) is 3.80. The summed E-state index contributed by atoms with van der Waals surface area (Å²) in [5.41, 5.74) is 0.934. The van der Waals surface area contributed by atoms with Crippen LogP contribution in [0.4, 0.5) is 0 Å². The molecule has 0 amide bonds. The van der Waals surface area contributed by atoms with Crippen molar-refractivity contribution in [1.29, 1.82) is 0 Å². The number of allylic oxidation sites excluding steroid dienone is 1. The van der Waals surface area contributed by atoms with E-state index in [1.807, 2.05) is 6.92 Å². The van der Waals surface area contributed by atoms with Crippen molar-refractivity contribution in [1.82, 2.24) is 0 Å². The van der Waals surface area contributed by atoms with Gasteiger partial charge in [-0.25, -0.2) is 0 Å². The Kier molecular flexibility index (Phi) is 16.9. The fraction of sp³-hybridized carbons (Fsp3) is 0.959. The molecule has 0 spiro atoms. The molecule has 73 heavy (non-hydrogen) atoms. The van der Waals surface area contributed by atoms with E-state index in [1.165, 1.54) is 5.57 Å². The smallest absolute Gasteiger partial charge is 0.189 e. The lowest BCUT2D eigenvalue weighted by atomic mass is 9.47. The first-order valence-corrected chi connectivity index (χ1v) is 26.1. The normalized spacial score (nSPS) is 55.5. The van der Waals surface area contributed by atoms with Crippen molar-refractivity contribution in [2.45, 2.75) is 227 Å². The van der Waals surface area contributed by atoms with Crippen molar-refractivity contribution in [3.05, 3.63) is 11.6 Å². The molecule has 0 aromatic heterocycles. The second-order valence-electron chi connectivity index (χ2n) is 23.2. The minimum absolute atomic E-state index is 0.0869. The van der Waals surface area contributed by atoms with Crippen molar-refractivity contribution in [2.75, 3.05) is 19.8 Å². The maximum atomic E-state index is 12.1. The van der Waals surface area contributed by atoms with Gasteiger partial charge in [-0.3, -0.25) is 0 Å². The molecule has 9 rings (SSSR count). The zero-order valence-electron chi connectivity index (χ0n) is 41.6. The fourth-order valence-corrected chi connectivity index (χ4v) is 14.6. The van der Waals surface area contributed by atoms with Crippen LogP contribution in [-0.4, -0.2) is 238 Å². The topological polar surface area (TPSA) is 387 Å². The van der Waals surface area contributed by atoms with E-state index in [0.29, 0.717) is 43.4 Å². The summed E-state index contributed by atoms with van der Waals surface area (Å²) >= 11 is 0. The molecule has 9 aliphatic rings. The molecular weight excluding hydrogens is 973 g/mol. The molecule has 4 aliphatic carbocycles. The highest BCUT2D eigenvalue weighted by molar-refractivity contribution is 5.26. The molecule has 420 valence electrons. The molecular formula is C49H80O24. The Labute approximate surface area is 422 Å². The molecule has 0 aromatic rings. The quantitative estimate of drug-likeness (QED) is 0.0735. The number of fused-ring (bicyclic) bond motifs is 7. The molecule has 8 fully saturated rings. The van der Waals surface area contributed by atoms with Gasteiger partial charge < -0.3 is 119 Å². The third-order valence-corrected chi connectivity index (χ3v) is 18.9. The third kappa shape index (κ3) is 10.1. The van der Waals surface area contributed by atoms with Crippen LogP contribution in [-0.2, 0) is 42.6 Å². The van der Waals surface area contributed by atoms with Gasteiger partial charge in [0, 0.05) is 12.3 Å². The van der Waals surface area contributed by atoms with Gasteiger partial charge in [-0.15, -0.1) is 0 Å². The molecule has 0 radical (unpaired) electrons. The molecule has 24 heteroatoms. The van der Waals surface area contributed by atoms with Gasteiger partial charge in [-0.05, 0) is 91.8 Å². The summed E-state index contributed by atoms with van der Waals surface area (Å²) in [5.74, 6) is -0.424. The van der Waals surface area contributed by atoms with Gasteiger partial charge in [-0.2, -0.15) is 0 Å². The van der Waals surface area contributed by atoms with Crippen LogP contribution in [0.3, 0.4) is 0 Å². The van der Waals surface area contributed by atoms with Crippen LogP contribution in [0.25, 0.3) is 0 Å². The molecule has 24 nitrogen and oxygen atoms in total. The molecule has 24 unspecified atom stereocenters. The number of hydrogen-bond donors (Lipinski definition) is 15. The van der Waals surface area contributed by atoms with E-state index in [9.17, 15) is 76.6 Å². The Morgan fingerprint density at radius 1 is 0.644 bits per heavy atom. The van der Waals surface area contributed by atoms with E-state index in [0.717, 1.165) is 32.1 Å². The number of rotatable bonds is 14. The molecule has 3 saturated carbocycles. The predicted molar refractivity (Wildman–Crippen MR) is 242 cm³/mol. The minimum Gasteiger partial charge on any atom is -0.394 e. The second kappa shape index (κ2) is 21.8. The van der Waals surface area contributed by atoms with Gasteiger partial charge in [0.25, 0.3) is 0 Å². The Bertz CT molecular complexity index is 1900. The zero-order chi connectivity index (χ0) is 52.8. The van der Waals surface area contributed by atoms with E-state index in [2.05, 4.69) is 26.8 Å². The molecule has 5 aliphatic heterocycles. The first kappa shape index (κ1) is 56.5. The van der Waals surface area contributed by atoms with E-state index in [-0.39, 0.29) is 41.3 Å². The van der Waals surface area contributed by atoms with Crippen molar-refractivity contribution in [2.24, 2.45) is 46.3 Å². The van der Waals surface area contributed by atoms with Crippen LogP contribution < -0.4 is 0 Å². The summed E-state index contributed by atoms with van der Waals surface area (Å²) in [6.45, 7) is 7.49. The maximum Gasteiger partial charge on any atom is 0.189 e. The number of aliphatic hydroxyl groups excluding tert-OH is 14. The van der Waals surface area contributed by atoms with Crippen LogP contribution in [0, 0.1) is 46.3 Å². The van der Waals surface area contributed by atoms with E-state index < -0.39 is 148 Å². The standard InChI is InChI=1S/C49H80O24/c1-18(17-65-43-35(58)30(53)29(52)26(15-50)67-43)7-12-49(64)19(2)28-25(73-49)14-24-22-6-5-20-13-21(8-10-47(20,3)23(22)9-11-48(24,28)4)66-46-40(70-45-37(60)32(55)34(57)42(63)72-45)38(61)39(27(16-51)68-46)69-44-36(59)31(54)33(56)41(62)71-44/h5,18-19,21-46,50-64H,6-17H2,1-4H3/t18-,19+,21?,22?,23?,24+,25?,26?,27?,28?,29-,30?,31?,32?,33?,34?,35?,36?,37?,38?,39?,40?,41?,42?,43-,44-,45-,46?,47?,48?,49?/m1/s1. The van der Waals surface area contributed by atoms with Crippen LogP contribution in [0.15, 0.2) is 11.6 Å². The largest absolute Gasteiger partial charge is 0.394 e. The lowest BCUT2D eigenvalue weighted by Gasteiger charge is -2.58. The third-order valence-electron chi connectivity index (χ3n) is 18.9. The Hall–Kier alpha value is -1.22. The molecule has 15 N–H and O–H groups in total. The van der Waals surface area contributed by atoms with Crippen molar-refractivity contribution < 1.29 is 119 Å². The van der Waals surface area contributed by atoms with E-state index in [1.54, 1.807) is 0 Å². The van der Waals surface area contributed by atoms with Gasteiger partial charge in [0.15, 0.2) is 43.5 Å². The van der Waals surface area contributed by atoms with Gasteiger partial charge >= 0.3 is 0 Å². The summed E-state index contributed by atoms with van der Waals surface area (Å²) in [4.78, 5) is 0. The lowest BCUT2D eigenvalue weighted by molar-refractivity contribution is -0.405. The highest BCUT2D eigenvalue weighted by Crippen LogP contribution is 2.70. The molecule has 0 bridgehead atoms. The van der Waals surface area contributed by atoms with Gasteiger partial charge in [0.1, 0.15) is 85.5 Å². The van der Waals surface area contributed by atoms with E-state index >= 15 is 0 Å². The Morgan fingerprint density at radius 2 is 1.23 bits per heavy atom. The molecule has 5 saturated heterocycles. The molecule has 31 atom stereocenters. The average molecular weight is 1050 g/mol. The summed E-state index contributed by atoms with van der Waals surface area (Å²) in [6, 6.07) is 0. The van der Waals surface area contributed by atoms with Crippen LogP contribution >= 0.6 is 0 Å². The summed E-state index contributed by atoms with van der Waals surface area (Å²) < 4.78 is 53.0. The van der Waals surface area contributed by atoms with Crippen LogP contribution in [0.2, 0.25) is 0 Å². The first-order chi connectivity index (χ1) is 34.5. The monoisotopic (exact) mass is 1050 g/mol. The first-order valence-electron chi connectivity index (χ1n) is 26.1. The predicted octanol–water partition coefficient (Wildman–Crippen LogP) is -4.12. The van der Waals surface area contributed by atoms with Crippen molar-refractivity contribution in [3.63, 3.8) is 0 Å². The number of ether oxygens (including phenoxy) is 9. The Morgan fingerprint density at radius 3 is 1.86 bits per heavy atom. The SMILES string of the molecule is C[C@H](CCC1(O)OC2C[C@H]3C4CC=C5CC(OC6OC(CO)C(O[C@@H]7OC(O)C(O)C(O)C7O)C(O)C6O[C@@H]6OC(O)C(O)C(O)C6O)CCC5(C)C4CCC3(C)C2[C@@H]1C)CO[C@@H]1OC(CO)[C@@H](O)C(O)C1O. The van der Waals surface area contributed by atoms with Gasteiger partial charge in [0.05, 0.1) is 32.0 Å². The zero-order valence-corrected chi connectivity index (χ0v) is 41.6. The van der Waals surface area contributed by atoms with Crippen LogP contribution in [0.5, 0.6) is 0 Å². The summed E-state index contributed by atoms with van der Waals surface area (Å²) in [7, 11) is 0. The highest BCUT2D eigenvalue weighted by Gasteiger charge is 2.68. The second-order valence-corrected chi connectivity index (χ2v) is 23.2. The minimum atomic E-state index is -2.01. The lowest BCUT2D eigenvalue weighted by Crippen LogP contribution is -2.67. The molecule has 0 aromatic carbocycles. The van der Waals surface area contributed by atoms with E-state index in [4.69, 9.17) is 42.6 Å². The maximum absolute atomic E-state index is 12.1. The number of hydrogen-bond acceptors (Lipinski definition) is 24. The van der Waals surface area contributed by atoms with Gasteiger partial charge in [0.2, 0.25) is 0 Å². The Balaban J connectivity index is 0.846. The highest BCUT2D eigenvalue weighted by atomic mass is 16.8. The van der Waals surface area contributed by atoms with Gasteiger partial charge in [-0.1, -0.05) is 39.3 Å². The van der Waals surface area contributed by atoms with Crippen molar-refractivity contribution in [3.8, 4) is 0 Å². The fourth-order valence-electron chi connectivity index (χ4n) is 14.6. The van der Waals surface area contributed by atoms with Crippen molar-refractivity contribution >= 4 is 0 Å². The summed E-state index contributed by atoms with van der Waals surface area (Å²) in [5, 5.41) is 158. The summed E-state index contributed by atoms with van der Waals surface area (Å²) in [6.07, 6.45) is -26.3. The molecule has 5 heterocycles. The van der Waals surface area contributed by atoms with Crippen LogP contribution in [0.1, 0.15) is 85.5 Å². The number of aliphatic hydroxyl groups is 15.